The Hall–Kier alpha value is -3.22. The molecule has 24 heavy (non-hydrogen) atoms. The van der Waals surface area contributed by atoms with E-state index in [-0.39, 0.29) is 17.5 Å². The number of hydrogen-bond donors (Lipinski definition) is 1. The molecular formula is C17H13FN2O4. The molecule has 0 amide bonds. The summed E-state index contributed by atoms with van der Waals surface area (Å²) in [6, 6.07) is 9.49. The number of aromatic carboxylic acids is 1. The Morgan fingerprint density at radius 2 is 1.79 bits per heavy atom. The van der Waals surface area contributed by atoms with Crippen LogP contribution in [0.5, 0.6) is 0 Å². The van der Waals surface area contributed by atoms with Crippen molar-refractivity contribution in [3.05, 3.63) is 80.2 Å². The van der Waals surface area contributed by atoms with Crippen LogP contribution in [0.15, 0.2) is 52.1 Å². The molecule has 0 spiro atoms. The molecule has 122 valence electrons. The molecule has 0 bridgehead atoms. The predicted molar refractivity (Wildman–Crippen MR) is 85.9 cm³/mol. The summed E-state index contributed by atoms with van der Waals surface area (Å²) in [5, 5.41) is 9.21. The SMILES string of the molecule is Cn1c(=O)n(Cc2ccc(F)cc2)c(=O)c2cc(C(=O)O)ccc21. The Kier molecular flexibility index (Phi) is 3.76. The number of aryl methyl sites for hydroxylation is 1. The molecule has 0 unspecified atom stereocenters. The van der Waals surface area contributed by atoms with Crippen LogP contribution >= 0.6 is 0 Å². The number of carboxylic acid groups (broad SMARTS) is 1. The molecule has 3 aromatic rings. The van der Waals surface area contributed by atoms with Gasteiger partial charge in [0.2, 0.25) is 0 Å². The second-order valence-electron chi connectivity index (χ2n) is 5.40. The van der Waals surface area contributed by atoms with Crippen LogP contribution in [-0.2, 0) is 13.6 Å². The highest BCUT2D eigenvalue weighted by Crippen LogP contribution is 2.11. The summed E-state index contributed by atoms with van der Waals surface area (Å²) in [6.07, 6.45) is 0. The fourth-order valence-corrected chi connectivity index (χ4v) is 2.56. The van der Waals surface area contributed by atoms with Gasteiger partial charge < -0.3 is 5.11 Å². The first-order valence-electron chi connectivity index (χ1n) is 7.10. The van der Waals surface area contributed by atoms with Gasteiger partial charge in [0.15, 0.2) is 0 Å². The third-order valence-corrected chi connectivity index (χ3v) is 3.85. The van der Waals surface area contributed by atoms with Crippen molar-refractivity contribution in [3.8, 4) is 0 Å². The van der Waals surface area contributed by atoms with Crippen molar-refractivity contribution >= 4 is 16.9 Å². The molecule has 1 N–H and O–H groups in total. The highest BCUT2D eigenvalue weighted by atomic mass is 19.1. The van der Waals surface area contributed by atoms with E-state index in [1.54, 1.807) is 0 Å². The molecule has 7 heteroatoms. The largest absolute Gasteiger partial charge is 0.478 e. The highest BCUT2D eigenvalue weighted by molar-refractivity contribution is 5.93. The van der Waals surface area contributed by atoms with Crippen molar-refractivity contribution in [2.75, 3.05) is 0 Å². The van der Waals surface area contributed by atoms with Crippen LogP contribution in [0.3, 0.4) is 0 Å². The van der Waals surface area contributed by atoms with E-state index in [9.17, 15) is 18.8 Å². The van der Waals surface area contributed by atoms with Gasteiger partial charge in [0.05, 0.1) is 23.0 Å². The molecule has 3 rings (SSSR count). The third-order valence-electron chi connectivity index (χ3n) is 3.85. The molecule has 0 saturated carbocycles. The van der Waals surface area contributed by atoms with Gasteiger partial charge in [-0.3, -0.25) is 13.9 Å². The van der Waals surface area contributed by atoms with E-state index in [1.165, 1.54) is 54.1 Å². The molecule has 0 aliphatic carbocycles. The average molecular weight is 328 g/mol. The summed E-state index contributed by atoms with van der Waals surface area (Å²) in [7, 11) is 1.51. The van der Waals surface area contributed by atoms with E-state index in [1.807, 2.05) is 0 Å². The summed E-state index contributed by atoms with van der Waals surface area (Å²) in [6.45, 7) is -0.0287. The van der Waals surface area contributed by atoms with E-state index >= 15 is 0 Å². The van der Waals surface area contributed by atoms with Crippen molar-refractivity contribution in [2.45, 2.75) is 6.54 Å². The van der Waals surface area contributed by atoms with Crippen LogP contribution < -0.4 is 11.2 Å². The van der Waals surface area contributed by atoms with Crippen molar-refractivity contribution < 1.29 is 14.3 Å². The smallest absolute Gasteiger partial charge is 0.335 e. The Balaban J connectivity index is 2.24. The van der Waals surface area contributed by atoms with Crippen molar-refractivity contribution in [1.82, 2.24) is 9.13 Å². The van der Waals surface area contributed by atoms with Crippen LogP contribution in [0.2, 0.25) is 0 Å². The van der Waals surface area contributed by atoms with Gasteiger partial charge in [0.25, 0.3) is 5.56 Å². The molecule has 1 aromatic heterocycles. The quantitative estimate of drug-likeness (QED) is 0.791. The minimum absolute atomic E-state index is 0.0287. The summed E-state index contributed by atoms with van der Waals surface area (Å²) < 4.78 is 15.3. The number of benzene rings is 2. The lowest BCUT2D eigenvalue weighted by Crippen LogP contribution is -2.39. The van der Waals surface area contributed by atoms with Gasteiger partial charge in [-0.15, -0.1) is 0 Å². The van der Waals surface area contributed by atoms with Gasteiger partial charge in [0, 0.05) is 7.05 Å². The summed E-state index contributed by atoms with van der Waals surface area (Å²) >= 11 is 0. The fourth-order valence-electron chi connectivity index (χ4n) is 2.56. The monoisotopic (exact) mass is 328 g/mol. The molecular weight excluding hydrogens is 315 g/mol. The second kappa shape index (κ2) is 5.77. The first kappa shape index (κ1) is 15.7. The lowest BCUT2D eigenvalue weighted by atomic mass is 10.1. The maximum atomic E-state index is 13.0. The van der Waals surface area contributed by atoms with Crippen molar-refractivity contribution in [3.63, 3.8) is 0 Å². The fraction of sp³-hybridized carbons (Fsp3) is 0.118. The molecule has 0 saturated heterocycles. The van der Waals surface area contributed by atoms with Crippen LogP contribution in [0.25, 0.3) is 10.9 Å². The summed E-state index contributed by atoms with van der Waals surface area (Å²) in [4.78, 5) is 36.2. The van der Waals surface area contributed by atoms with Gasteiger partial charge in [-0.05, 0) is 35.9 Å². The zero-order valence-electron chi connectivity index (χ0n) is 12.7. The number of rotatable bonds is 3. The zero-order chi connectivity index (χ0) is 17.4. The second-order valence-corrected chi connectivity index (χ2v) is 5.40. The Morgan fingerprint density at radius 1 is 1.12 bits per heavy atom. The van der Waals surface area contributed by atoms with Crippen molar-refractivity contribution in [2.24, 2.45) is 7.05 Å². The average Bonchev–Trinajstić information content (AvgIpc) is 2.58. The molecule has 1 heterocycles. The van der Waals surface area contributed by atoms with Crippen LogP contribution in [0.4, 0.5) is 4.39 Å². The maximum absolute atomic E-state index is 13.0. The Bertz CT molecular complexity index is 1060. The first-order valence-corrected chi connectivity index (χ1v) is 7.10. The molecule has 0 atom stereocenters. The Morgan fingerprint density at radius 3 is 2.42 bits per heavy atom. The zero-order valence-corrected chi connectivity index (χ0v) is 12.7. The van der Waals surface area contributed by atoms with Crippen LogP contribution in [-0.4, -0.2) is 20.2 Å². The third kappa shape index (κ3) is 2.60. The van der Waals surface area contributed by atoms with E-state index in [2.05, 4.69) is 0 Å². The van der Waals surface area contributed by atoms with Crippen molar-refractivity contribution in [1.29, 1.82) is 0 Å². The minimum Gasteiger partial charge on any atom is -0.478 e. The number of carbonyl (C=O) groups is 1. The minimum atomic E-state index is -1.16. The normalized spacial score (nSPS) is 10.9. The molecule has 0 aliphatic rings. The van der Waals surface area contributed by atoms with Gasteiger partial charge >= 0.3 is 11.7 Å². The number of halogens is 1. The number of nitrogens with zero attached hydrogens (tertiary/aromatic N) is 2. The molecule has 0 aliphatic heterocycles. The van der Waals surface area contributed by atoms with Gasteiger partial charge in [-0.2, -0.15) is 0 Å². The molecule has 0 fully saturated rings. The van der Waals surface area contributed by atoms with E-state index < -0.39 is 23.0 Å². The van der Waals surface area contributed by atoms with Gasteiger partial charge in [0.1, 0.15) is 5.82 Å². The van der Waals surface area contributed by atoms with Gasteiger partial charge in [-0.25, -0.2) is 14.0 Å². The lowest BCUT2D eigenvalue weighted by Gasteiger charge is -2.11. The lowest BCUT2D eigenvalue weighted by molar-refractivity contribution is 0.0697. The number of hydrogen-bond acceptors (Lipinski definition) is 3. The number of fused-ring (bicyclic) bond motifs is 1. The Labute approximate surface area is 135 Å². The predicted octanol–water partition coefficient (Wildman–Crippen LogP) is 1.59. The van der Waals surface area contributed by atoms with E-state index in [4.69, 9.17) is 5.11 Å². The highest BCUT2D eigenvalue weighted by Gasteiger charge is 2.13. The summed E-state index contributed by atoms with van der Waals surface area (Å²) in [5.74, 6) is -1.57. The molecule has 6 nitrogen and oxygen atoms in total. The van der Waals surface area contributed by atoms with E-state index in [0.29, 0.717) is 11.1 Å². The van der Waals surface area contributed by atoms with Crippen LogP contribution in [0, 0.1) is 5.82 Å². The van der Waals surface area contributed by atoms with Gasteiger partial charge in [-0.1, -0.05) is 12.1 Å². The first-order chi connectivity index (χ1) is 11.4. The van der Waals surface area contributed by atoms with Crippen LogP contribution in [0.1, 0.15) is 15.9 Å². The number of carboxylic acids is 1. The maximum Gasteiger partial charge on any atom is 0.335 e. The molecule has 0 radical (unpaired) electrons. The van der Waals surface area contributed by atoms with E-state index in [0.717, 1.165) is 4.57 Å². The standard InChI is InChI=1S/C17H13FN2O4/c1-19-14-7-4-11(16(22)23)8-13(14)15(21)20(17(19)24)9-10-2-5-12(18)6-3-10/h2-8H,9H2,1H3,(H,22,23). The number of aromatic nitrogens is 2. The summed E-state index contributed by atoms with van der Waals surface area (Å²) in [5.41, 5.74) is -0.207. The topological polar surface area (TPSA) is 81.3 Å². The molecule has 2 aromatic carbocycles.